The minimum absolute atomic E-state index is 0.309. The normalized spacial score (nSPS) is 15.9. The van der Waals surface area contributed by atoms with E-state index in [1.54, 1.807) is 48.5 Å². The van der Waals surface area contributed by atoms with Crippen LogP contribution in [0.3, 0.4) is 0 Å². The molecular formula is C20H19N3O5S. The van der Waals surface area contributed by atoms with E-state index in [1.165, 1.54) is 7.11 Å². The van der Waals surface area contributed by atoms with Crippen LogP contribution in [0.5, 0.6) is 11.5 Å². The lowest BCUT2D eigenvalue weighted by Gasteiger charge is -2.11. The molecule has 1 saturated heterocycles. The summed E-state index contributed by atoms with van der Waals surface area (Å²) in [5.74, 6) is 0.122. The molecule has 1 aliphatic rings. The molecule has 9 heteroatoms. The first-order chi connectivity index (χ1) is 13.9. The van der Waals surface area contributed by atoms with Gasteiger partial charge in [-0.05, 0) is 59.7 Å². The van der Waals surface area contributed by atoms with Gasteiger partial charge in [0, 0.05) is 0 Å². The molecular weight excluding hydrogens is 394 g/mol. The number of nitrogen functional groups attached to an aromatic ring is 1. The number of methoxy groups -OCH3 is 1. The molecule has 1 unspecified atom stereocenters. The van der Waals surface area contributed by atoms with Crippen LogP contribution < -0.4 is 21.5 Å². The second-order valence-electron chi connectivity index (χ2n) is 6.23. The first kappa shape index (κ1) is 20.4. The van der Waals surface area contributed by atoms with Crippen molar-refractivity contribution in [3.8, 4) is 11.5 Å². The van der Waals surface area contributed by atoms with E-state index in [0.717, 1.165) is 17.3 Å². The number of hydrogen-bond donors (Lipinski definition) is 3. The van der Waals surface area contributed by atoms with Crippen LogP contribution in [0.2, 0.25) is 0 Å². The number of benzene rings is 2. The lowest BCUT2D eigenvalue weighted by Crippen LogP contribution is -2.33. The fourth-order valence-electron chi connectivity index (χ4n) is 2.63. The molecule has 1 fully saturated rings. The highest BCUT2D eigenvalue weighted by atomic mass is 32.2. The quantitative estimate of drug-likeness (QED) is 0.373. The zero-order valence-electron chi connectivity index (χ0n) is 15.5. The van der Waals surface area contributed by atoms with Gasteiger partial charge in [0.15, 0.2) is 0 Å². The summed E-state index contributed by atoms with van der Waals surface area (Å²) in [6.07, 6.45) is 1.94. The van der Waals surface area contributed by atoms with Crippen LogP contribution in [0, 0.1) is 0 Å². The Hall–Kier alpha value is -3.30. The monoisotopic (exact) mass is 413 g/mol. The van der Waals surface area contributed by atoms with E-state index in [4.69, 9.17) is 16.2 Å². The molecule has 0 aromatic heterocycles. The third-order valence-corrected chi connectivity index (χ3v) is 4.89. The van der Waals surface area contributed by atoms with Crippen molar-refractivity contribution in [3.63, 3.8) is 0 Å². The van der Waals surface area contributed by atoms with Crippen molar-refractivity contribution in [2.24, 2.45) is 5.73 Å². The van der Waals surface area contributed by atoms with E-state index in [0.29, 0.717) is 34.1 Å². The number of rotatable bonds is 6. The van der Waals surface area contributed by atoms with Crippen LogP contribution in [0.15, 0.2) is 47.4 Å². The Morgan fingerprint density at radius 3 is 2.52 bits per heavy atom. The maximum absolute atomic E-state index is 11.6. The highest BCUT2D eigenvalue weighted by molar-refractivity contribution is 8.18. The fraction of sp³-hybridized carbons (Fsp3) is 0.150. The Balaban J connectivity index is 1.67. The predicted octanol–water partition coefficient (Wildman–Crippen LogP) is 2.43. The van der Waals surface area contributed by atoms with Crippen molar-refractivity contribution in [1.29, 1.82) is 0 Å². The number of nitrogens with two attached hydrogens (primary N) is 2. The summed E-state index contributed by atoms with van der Waals surface area (Å²) in [6.45, 7) is 0. The van der Waals surface area contributed by atoms with Gasteiger partial charge in [0.2, 0.25) is 0 Å². The molecule has 1 aliphatic heterocycles. The lowest BCUT2D eigenvalue weighted by atomic mass is 10.1. The first-order valence-electron chi connectivity index (χ1n) is 8.60. The van der Waals surface area contributed by atoms with Gasteiger partial charge in [-0.2, -0.15) is 0 Å². The summed E-state index contributed by atoms with van der Waals surface area (Å²) >= 11 is 0.841. The van der Waals surface area contributed by atoms with Gasteiger partial charge < -0.3 is 20.9 Å². The van der Waals surface area contributed by atoms with Gasteiger partial charge in [-0.1, -0.05) is 18.2 Å². The molecule has 1 heterocycles. The summed E-state index contributed by atoms with van der Waals surface area (Å²) in [5, 5.41) is 1.80. The summed E-state index contributed by atoms with van der Waals surface area (Å²) in [6, 6.07) is 11.5. The van der Waals surface area contributed by atoms with Gasteiger partial charge in [-0.15, -0.1) is 0 Å². The molecule has 0 bridgehead atoms. The fourth-order valence-corrected chi connectivity index (χ4v) is 3.31. The zero-order chi connectivity index (χ0) is 21.0. The molecule has 8 nitrogen and oxygen atoms in total. The Morgan fingerprint density at radius 2 is 1.93 bits per heavy atom. The van der Waals surface area contributed by atoms with Crippen molar-refractivity contribution < 1.29 is 23.9 Å². The highest BCUT2D eigenvalue weighted by Crippen LogP contribution is 2.31. The maximum Gasteiger partial charge on any atom is 0.322 e. The van der Waals surface area contributed by atoms with E-state index >= 15 is 0 Å². The van der Waals surface area contributed by atoms with Crippen LogP contribution >= 0.6 is 11.8 Å². The van der Waals surface area contributed by atoms with Crippen molar-refractivity contribution in [1.82, 2.24) is 5.32 Å². The van der Waals surface area contributed by atoms with Gasteiger partial charge in [0.1, 0.15) is 17.5 Å². The van der Waals surface area contributed by atoms with Crippen molar-refractivity contribution >= 4 is 40.6 Å². The first-order valence-corrected chi connectivity index (χ1v) is 9.42. The second kappa shape index (κ2) is 8.80. The van der Waals surface area contributed by atoms with Crippen molar-refractivity contribution in [3.05, 3.63) is 58.5 Å². The average molecular weight is 413 g/mol. The number of thioether (sulfide) groups is 1. The van der Waals surface area contributed by atoms with Gasteiger partial charge in [0.25, 0.3) is 11.1 Å². The Morgan fingerprint density at radius 1 is 1.21 bits per heavy atom. The summed E-state index contributed by atoms with van der Waals surface area (Å²) in [7, 11) is 1.30. The standard InChI is InChI=1S/C20H19N3O5S/c1-27-19(25)15(22)8-11-2-5-13(6-3-11)28-16-7-4-12(9-14(16)21)10-17-18(24)23-20(26)29-17/h2-7,9-10,15H,8,21-22H2,1H3,(H,23,24,26)/b17-10+. The highest BCUT2D eigenvalue weighted by Gasteiger charge is 2.25. The summed E-state index contributed by atoms with van der Waals surface area (Å²) < 4.78 is 10.4. The smallest absolute Gasteiger partial charge is 0.322 e. The topological polar surface area (TPSA) is 134 Å². The maximum atomic E-state index is 11.6. The Labute approximate surface area is 171 Å². The van der Waals surface area contributed by atoms with Crippen LogP contribution in [-0.2, 0) is 20.7 Å². The van der Waals surface area contributed by atoms with Crippen molar-refractivity contribution in [2.45, 2.75) is 12.5 Å². The van der Waals surface area contributed by atoms with E-state index in [-0.39, 0.29) is 0 Å². The second-order valence-corrected chi connectivity index (χ2v) is 7.24. The molecule has 2 aromatic rings. The number of anilines is 1. The number of amides is 2. The Kier molecular flexibility index (Phi) is 6.20. The minimum atomic E-state index is -0.723. The average Bonchev–Trinajstić information content (AvgIpc) is 3.01. The number of nitrogens with one attached hydrogen (secondary N) is 1. The van der Waals surface area contributed by atoms with E-state index in [9.17, 15) is 14.4 Å². The van der Waals surface area contributed by atoms with Gasteiger partial charge in [-0.25, -0.2) is 0 Å². The molecule has 5 N–H and O–H groups in total. The van der Waals surface area contributed by atoms with Crippen LogP contribution in [0.4, 0.5) is 10.5 Å². The van der Waals surface area contributed by atoms with Crippen molar-refractivity contribution in [2.75, 3.05) is 12.8 Å². The van der Waals surface area contributed by atoms with Gasteiger partial charge >= 0.3 is 5.97 Å². The number of hydrogen-bond acceptors (Lipinski definition) is 8. The van der Waals surface area contributed by atoms with Gasteiger partial charge in [-0.3, -0.25) is 19.7 Å². The lowest BCUT2D eigenvalue weighted by molar-refractivity contribution is -0.142. The van der Waals surface area contributed by atoms with Gasteiger partial charge in [0.05, 0.1) is 17.7 Å². The molecule has 0 radical (unpaired) electrons. The van der Waals surface area contributed by atoms with Crippen LogP contribution in [0.25, 0.3) is 6.08 Å². The summed E-state index contributed by atoms with van der Waals surface area (Å²) in [5.41, 5.74) is 13.7. The van der Waals surface area contributed by atoms with Crippen LogP contribution in [0.1, 0.15) is 11.1 Å². The molecule has 3 rings (SSSR count). The number of carbonyl (C=O) groups is 3. The molecule has 150 valence electrons. The number of imide groups is 1. The number of esters is 1. The summed E-state index contributed by atoms with van der Waals surface area (Å²) in [4.78, 5) is 34.6. The Bertz CT molecular complexity index is 988. The molecule has 0 spiro atoms. The molecule has 1 atom stereocenters. The van der Waals surface area contributed by atoms with E-state index in [1.807, 2.05) is 0 Å². The third kappa shape index (κ3) is 5.15. The molecule has 2 aromatic carbocycles. The number of carbonyl (C=O) groups excluding carboxylic acids is 3. The van der Waals surface area contributed by atoms with E-state index in [2.05, 4.69) is 10.1 Å². The predicted molar refractivity (Wildman–Crippen MR) is 110 cm³/mol. The third-order valence-electron chi connectivity index (χ3n) is 4.08. The SMILES string of the molecule is COC(=O)C(N)Cc1ccc(Oc2ccc(/C=C3/SC(=O)NC3=O)cc2N)cc1. The minimum Gasteiger partial charge on any atom is -0.468 e. The number of ether oxygens (including phenoxy) is 2. The van der Waals surface area contributed by atoms with Crippen LogP contribution in [-0.4, -0.2) is 30.3 Å². The molecule has 0 aliphatic carbocycles. The molecule has 0 saturated carbocycles. The molecule has 2 amide bonds. The van der Waals surface area contributed by atoms with E-state index < -0.39 is 23.2 Å². The molecule has 29 heavy (non-hydrogen) atoms. The largest absolute Gasteiger partial charge is 0.468 e. The zero-order valence-corrected chi connectivity index (χ0v) is 16.3.